The molecule has 0 aliphatic heterocycles. The van der Waals surface area contributed by atoms with Gasteiger partial charge in [0.15, 0.2) is 0 Å². The van der Waals surface area contributed by atoms with Crippen LogP contribution in [0.25, 0.3) is 0 Å². The molecule has 35 heavy (non-hydrogen) atoms. The number of hydrogen-bond acceptors (Lipinski definition) is 4. The number of sulfonamides is 1. The van der Waals surface area contributed by atoms with Crippen LogP contribution in [0.5, 0.6) is 0 Å². The molecule has 0 aromatic heterocycles. The summed E-state index contributed by atoms with van der Waals surface area (Å²) >= 11 is 3.43. The molecular weight excluding hydrogens is 530 g/mol. The van der Waals surface area contributed by atoms with Gasteiger partial charge >= 0.3 is 0 Å². The van der Waals surface area contributed by atoms with Crippen molar-refractivity contribution in [3.63, 3.8) is 0 Å². The predicted octanol–water partition coefficient (Wildman–Crippen LogP) is 4.39. The van der Waals surface area contributed by atoms with Gasteiger partial charge in [0.2, 0.25) is 21.8 Å². The van der Waals surface area contributed by atoms with Gasteiger partial charge in [0.25, 0.3) is 0 Å². The molecule has 7 nitrogen and oxygen atoms in total. The van der Waals surface area contributed by atoms with Gasteiger partial charge in [0.05, 0.1) is 11.9 Å². The van der Waals surface area contributed by atoms with E-state index in [0.717, 1.165) is 51.8 Å². The van der Waals surface area contributed by atoms with Crippen molar-refractivity contribution in [2.45, 2.75) is 64.6 Å². The van der Waals surface area contributed by atoms with Gasteiger partial charge in [-0.2, -0.15) is 0 Å². The first-order chi connectivity index (χ1) is 16.6. The fraction of sp³-hybridized carbons (Fsp3) is 0.462. The van der Waals surface area contributed by atoms with Crippen molar-refractivity contribution >= 4 is 43.5 Å². The Labute approximate surface area is 217 Å². The van der Waals surface area contributed by atoms with Crippen LogP contribution in [0.4, 0.5) is 5.69 Å². The third-order valence-electron chi connectivity index (χ3n) is 6.39. The molecule has 2 aromatic rings. The third-order valence-corrected chi connectivity index (χ3v) is 8.42. The molecule has 2 aromatic carbocycles. The normalized spacial score (nSPS) is 15.0. The number of hydrogen-bond donors (Lipinski definition) is 1. The molecule has 0 spiro atoms. The number of anilines is 1. The molecule has 0 saturated heterocycles. The number of carbonyl (C=O) groups excluding carboxylic acids is 2. The van der Waals surface area contributed by atoms with Crippen molar-refractivity contribution in [2.24, 2.45) is 0 Å². The minimum Gasteiger partial charge on any atom is -0.352 e. The second kappa shape index (κ2) is 12.0. The average molecular weight is 565 g/mol. The number of nitrogens with one attached hydrogen (secondary N) is 1. The number of aryl methyl sites for hydroxylation is 1. The largest absolute Gasteiger partial charge is 0.352 e. The van der Waals surface area contributed by atoms with Crippen molar-refractivity contribution in [1.29, 1.82) is 0 Å². The Morgan fingerprint density at radius 3 is 2.34 bits per heavy atom. The lowest BCUT2D eigenvalue weighted by atomic mass is 10.1. The lowest BCUT2D eigenvalue weighted by Crippen LogP contribution is -2.53. The molecule has 1 aliphatic carbocycles. The molecule has 1 N–H and O–H groups in total. The molecule has 2 amide bonds. The zero-order valence-corrected chi connectivity index (χ0v) is 22.9. The molecule has 1 aliphatic rings. The third kappa shape index (κ3) is 7.30. The highest BCUT2D eigenvalue weighted by Gasteiger charge is 2.33. The molecule has 0 heterocycles. The average Bonchev–Trinajstić information content (AvgIpc) is 3.32. The first-order valence-corrected chi connectivity index (χ1v) is 14.6. The molecule has 190 valence electrons. The molecule has 0 unspecified atom stereocenters. The minimum atomic E-state index is -3.75. The maximum absolute atomic E-state index is 13.7. The topological polar surface area (TPSA) is 86.8 Å². The number of nitrogens with zero attached hydrogens (tertiary/aromatic N) is 2. The predicted molar refractivity (Wildman–Crippen MR) is 143 cm³/mol. The van der Waals surface area contributed by atoms with Crippen LogP contribution in [-0.4, -0.2) is 50.0 Å². The van der Waals surface area contributed by atoms with Crippen LogP contribution in [-0.2, 0) is 26.2 Å². The monoisotopic (exact) mass is 563 g/mol. The summed E-state index contributed by atoms with van der Waals surface area (Å²) in [6.07, 6.45) is 5.57. The van der Waals surface area contributed by atoms with E-state index in [1.165, 1.54) is 4.90 Å². The Morgan fingerprint density at radius 2 is 1.77 bits per heavy atom. The van der Waals surface area contributed by atoms with Crippen LogP contribution in [0.3, 0.4) is 0 Å². The van der Waals surface area contributed by atoms with Gasteiger partial charge in [-0.3, -0.25) is 13.9 Å². The molecule has 1 saturated carbocycles. The number of amides is 2. The Bertz CT molecular complexity index is 1130. The number of benzene rings is 2. The summed E-state index contributed by atoms with van der Waals surface area (Å²) in [5.41, 5.74) is 2.13. The smallest absolute Gasteiger partial charge is 0.244 e. The second-order valence-electron chi connectivity index (χ2n) is 9.12. The number of rotatable bonds is 10. The van der Waals surface area contributed by atoms with Gasteiger partial charge in [0.1, 0.15) is 12.6 Å². The van der Waals surface area contributed by atoms with Gasteiger partial charge in [-0.15, -0.1) is 0 Å². The van der Waals surface area contributed by atoms with Crippen molar-refractivity contribution in [1.82, 2.24) is 10.2 Å². The van der Waals surface area contributed by atoms with Gasteiger partial charge < -0.3 is 10.2 Å². The molecule has 0 radical (unpaired) electrons. The van der Waals surface area contributed by atoms with E-state index in [2.05, 4.69) is 21.2 Å². The lowest BCUT2D eigenvalue weighted by Gasteiger charge is -2.33. The summed E-state index contributed by atoms with van der Waals surface area (Å²) in [5, 5.41) is 3.11. The van der Waals surface area contributed by atoms with Crippen molar-refractivity contribution in [3.05, 3.63) is 64.1 Å². The summed E-state index contributed by atoms with van der Waals surface area (Å²) < 4.78 is 27.4. The van der Waals surface area contributed by atoms with Gasteiger partial charge in [-0.1, -0.05) is 66.0 Å². The van der Waals surface area contributed by atoms with Crippen LogP contribution in [0.1, 0.15) is 50.2 Å². The fourth-order valence-electron chi connectivity index (χ4n) is 4.46. The van der Waals surface area contributed by atoms with Crippen LogP contribution >= 0.6 is 15.9 Å². The van der Waals surface area contributed by atoms with E-state index in [1.54, 1.807) is 18.2 Å². The highest BCUT2D eigenvalue weighted by atomic mass is 79.9. The standard InChI is InChI=1S/C26H34BrN3O4S/c1-4-24(26(32)28-21-12-8-9-13-21)29(17-20-10-6-5-7-11-20)25(31)18-30(35(3,33)34)22-14-15-23(27)19(2)16-22/h5-7,10-11,14-16,21,24H,4,8-9,12-13,17-18H2,1-3H3,(H,28,32)/t24-/m1/s1. The Hall–Kier alpha value is -2.39. The second-order valence-corrected chi connectivity index (χ2v) is 11.9. The molecule has 1 fully saturated rings. The van der Waals surface area contributed by atoms with Crippen LogP contribution in [0.15, 0.2) is 53.0 Å². The van der Waals surface area contributed by atoms with E-state index in [4.69, 9.17) is 0 Å². The SMILES string of the molecule is CC[C@H](C(=O)NC1CCCC1)N(Cc1ccccc1)C(=O)CN(c1ccc(Br)c(C)c1)S(C)(=O)=O. The van der Waals surface area contributed by atoms with E-state index in [9.17, 15) is 18.0 Å². The minimum absolute atomic E-state index is 0.128. The highest BCUT2D eigenvalue weighted by molar-refractivity contribution is 9.10. The maximum Gasteiger partial charge on any atom is 0.244 e. The first-order valence-electron chi connectivity index (χ1n) is 12.0. The van der Waals surface area contributed by atoms with E-state index in [0.29, 0.717) is 12.1 Å². The zero-order chi connectivity index (χ0) is 25.6. The van der Waals surface area contributed by atoms with Crippen LogP contribution in [0.2, 0.25) is 0 Å². The summed E-state index contributed by atoms with van der Waals surface area (Å²) in [6.45, 7) is 3.56. The highest BCUT2D eigenvalue weighted by Crippen LogP contribution is 2.25. The van der Waals surface area contributed by atoms with E-state index in [-0.39, 0.29) is 25.0 Å². The summed E-state index contributed by atoms with van der Waals surface area (Å²) in [5.74, 6) is -0.609. The summed E-state index contributed by atoms with van der Waals surface area (Å²) in [4.78, 5) is 28.5. The van der Waals surface area contributed by atoms with Gasteiger partial charge in [-0.25, -0.2) is 8.42 Å². The number of carbonyl (C=O) groups is 2. The first kappa shape index (κ1) is 27.2. The van der Waals surface area contributed by atoms with Gasteiger partial charge in [0, 0.05) is 17.1 Å². The summed E-state index contributed by atoms with van der Waals surface area (Å²) in [7, 11) is -3.75. The molecular formula is C26H34BrN3O4S. The lowest BCUT2D eigenvalue weighted by molar-refractivity contribution is -0.140. The number of halogens is 1. The fourth-order valence-corrected chi connectivity index (χ4v) is 5.55. The van der Waals surface area contributed by atoms with E-state index in [1.807, 2.05) is 44.2 Å². The zero-order valence-electron chi connectivity index (χ0n) is 20.5. The Kier molecular flexibility index (Phi) is 9.35. The van der Waals surface area contributed by atoms with Crippen LogP contribution in [0, 0.1) is 6.92 Å². The van der Waals surface area contributed by atoms with Crippen molar-refractivity contribution in [3.8, 4) is 0 Å². The molecule has 1 atom stereocenters. The maximum atomic E-state index is 13.7. The molecule has 0 bridgehead atoms. The van der Waals surface area contributed by atoms with E-state index >= 15 is 0 Å². The van der Waals surface area contributed by atoms with E-state index < -0.39 is 22.0 Å². The van der Waals surface area contributed by atoms with Crippen LogP contribution < -0.4 is 9.62 Å². The summed E-state index contributed by atoms with van der Waals surface area (Å²) in [6, 6.07) is 14.0. The van der Waals surface area contributed by atoms with Crippen molar-refractivity contribution in [2.75, 3.05) is 17.1 Å². The molecule has 3 rings (SSSR count). The molecule has 9 heteroatoms. The quantitative estimate of drug-likeness (QED) is 0.464. The Morgan fingerprint density at radius 1 is 1.11 bits per heavy atom. The van der Waals surface area contributed by atoms with Crippen molar-refractivity contribution < 1.29 is 18.0 Å². The Balaban J connectivity index is 1.91. The van der Waals surface area contributed by atoms with Gasteiger partial charge in [-0.05, 0) is 55.5 Å².